The maximum atomic E-state index is 3.93. The summed E-state index contributed by atoms with van der Waals surface area (Å²) in [7, 11) is 0. The van der Waals surface area contributed by atoms with Crippen LogP contribution in [-0.4, -0.2) is 61.3 Å². The number of quaternary nitrogens is 2. The fourth-order valence-electron chi connectivity index (χ4n) is 2.81. The average Bonchev–Trinajstić information content (AvgIpc) is 2.44. The second-order valence-corrected chi connectivity index (χ2v) is 5.49. The van der Waals surface area contributed by atoms with E-state index in [9.17, 15) is 0 Å². The van der Waals surface area contributed by atoms with E-state index in [-0.39, 0.29) is 24.8 Å². The molecule has 0 saturated heterocycles. The van der Waals surface area contributed by atoms with E-state index in [0.717, 1.165) is 35.1 Å². The van der Waals surface area contributed by atoms with Crippen molar-refractivity contribution in [2.24, 2.45) is 0 Å². The number of rotatable bonds is 12. The van der Waals surface area contributed by atoms with E-state index in [4.69, 9.17) is 0 Å². The summed E-state index contributed by atoms with van der Waals surface area (Å²) in [6.45, 7) is 27.6. The third kappa shape index (κ3) is 8.06. The Morgan fingerprint density at radius 1 is 0.619 bits per heavy atom. The van der Waals surface area contributed by atoms with E-state index in [1.165, 1.54) is 26.2 Å². The lowest BCUT2D eigenvalue weighted by molar-refractivity contribution is -0.971. The zero-order chi connectivity index (χ0) is 14.8. The van der Waals surface area contributed by atoms with Gasteiger partial charge in [0.05, 0.1) is 39.3 Å². The Bertz CT molecular complexity index is 277. The van der Waals surface area contributed by atoms with Crippen molar-refractivity contribution in [3.05, 3.63) is 38.0 Å². The summed E-state index contributed by atoms with van der Waals surface area (Å²) in [4.78, 5) is 0. The van der Waals surface area contributed by atoms with Crippen LogP contribution in [0.1, 0.15) is 20.8 Å². The number of likely N-dealkylation sites (N-methyl/N-ethyl adjacent to an activating group) is 2. The minimum atomic E-state index is 0. The van der Waals surface area contributed by atoms with Crippen LogP contribution in [0.4, 0.5) is 0 Å². The van der Waals surface area contributed by atoms with Gasteiger partial charge in [-0.15, -0.1) is 0 Å². The van der Waals surface area contributed by atoms with Gasteiger partial charge in [-0.3, -0.25) is 0 Å². The second kappa shape index (κ2) is 13.4. The molecule has 0 rings (SSSR count). The molecule has 0 saturated carbocycles. The third-order valence-electron chi connectivity index (χ3n) is 4.61. The first kappa shape index (κ1) is 25.7. The topological polar surface area (TPSA) is 0 Å². The number of hydrogen-bond donors (Lipinski definition) is 0. The second-order valence-electron chi connectivity index (χ2n) is 5.49. The van der Waals surface area contributed by atoms with Gasteiger partial charge in [0.15, 0.2) is 0 Å². The van der Waals surface area contributed by atoms with Crippen molar-refractivity contribution in [1.82, 2.24) is 0 Å². The Morgan fingerprint density at radius 2 is 0.905 bits per heavy atom. The van der Waals surface area contributed by atoms with Gasteiger partial charge in [0.1, 0.15) is 13.1 Å². The van der Waals surface area contributed by atoms with Gasteiger partial charge in [-0.25, -0.2) is 0 Å². The van der Waals surface area contributed by atoms with Crippen LogP contribution in [0, 0.1) is 0 Å². The lowest BCUT2D eigenvalue weighted by Crippen LogP contribution is -3.00. The highest BCUT2D eigenvalue weighted by Crippen LogP contribution is 2.13. The molecule has 0 N–H and O–H groups in total. The molecule has 0 heterocycles. The Labute approximate surface area is 145 Å². The predicted molar refractivity (Wildman–Crippen MR) is 87.1 cm³/mol. The summed E-state index contributed by atoms with van der Waals surface area (Å²) < 4.78 is 2.21. The molecule has 0 atom stereocenters. The molecule has 4 heteroatoms. The van der Waals surface area contributed by atoms with Gasteiger partial charge in [0.25, 0.3) is 0 Å². The molecule has 0 spiro atoms. The SMILES string of the molecule is C=CC[N+](CC)(CC)CC[N+](CC)(CC=C)CC=C.[Cl-].[Cl-]. The largest absolute Gasteiger partial charge is 1.00 e. The molecule has 0 aliphatic heterocycles. The summed E-state index contributed by atoms with van der Waals surface area (Å²) in [6.07, 6.45) is 6.16. The molecular weight excluding hydrogens is 303 g/mol. The Morgan fingerprint density at radius 3 is 1.19 bits per heavy atom. The van der Waals surface area contributed by atoms with Crippen LogP contribution in [0.3, 0.4) is 0 Å². The van der Waals surface area contributed by atoms with Crippen molar-refractivity contribution in [2.75, 3.05) is 52.4 Å². The van der Waals surface area contributed by atoms with Crippen molar-refractivity contribution in [2.45, 2.75) is 20.8 Å². The molecule has 126 valence electrons. The lowest BCUT2D eigenvalue weighted by atomic mass is 10.2. The number of hydrogen-bond acceptors (Lipinski definition) is 0. The zero-order valence-corrected chi connectivity index (χ0v) is 15.7. The highest BCUT2D eigenvalue weighted by atomic mass is 35.5. The molecule has 0 aliphatic carbocycles. The summed E-state index contributed by atoms with van der Waals surface area (Å²) in [5.41, 5.74) is 0. The van der Waals surface area contributed by atoms with E-state index in [1.807, 2.05) is 12.2 Å². The van der Waals surface area contributed by atoms with Crippen LogP contribution in [0.2, 0.25) is 0 Å². The van der Waals surface area contributed by atoms with E-state index < -0.39 is 0 Å². The van der Waals surface area contributed by atoms with Gasteiger partial charge in [0, 0.05) is 0 Å². The standard InChI is InChI=1S/C17H34N2.2ClH/c1-7-13-18(10-4,11-5)16-17-19(12-6,14-8-2)15-9-3;;/h7-9H,1-3,10-17H2,4-6H3;2*1H/q+2;;/p-2. The van der Waals surface area contributed by atoms with Gasteiger partial charge < -0.3 is 33.8 Å². The van der Waals surface area contributed by atoms with E-state index in [0.29, 0.717) is 0 Å². The van der Waals surface area contributed by atoms with Gasteiger partial charge >= 0.3 is 0 Å². The van der Waals surface area contributed by atoms with Crippen LogP contribution in [0.25, 0.3) is 0 Å². The van der Waals surface area contributed by atoms with Crippen molar-refractivity contribution in [3.63, 3.8) is 0 Å². The van der Waals surface area contributed by atoms with Crippen LogP contribution < -0.4 is 24.8 Å². The maximum Gasteiger partial charge on any atom is 0.129 e. The van der Waals surface area contributed by atoms with E-state index in [1.54, 1.807) is 0 Å². The molecule has 0 aromatic carbocycles. The van der Waals surface area contributed by atoms with Crippen LogP contribution in [0.5, 0.6) is 0 Å². The molecule has 0 amide bonds. The number of nitrogens with zero attached hydrogens (tertiary/aromatic N) is 2. The lowest BCUT2D eigenvalue weighted by Gasteiger charge is -2.41. The van der Waals surface area contributed by atoms with Gasteiger partial charge in [0.2, 0.25) is 0 Å². The molecule has 0 aromatic rings. The molecule has 0 unspecified atom stereocenters. The number of halogens is 2. The minimum absolute atomic E-state index is 0. The highest BCUT2D eigenvalue weighted by Gasteiger charge is 2.29. The van der Waals surface area contributed by atoms with Crippen LogP contribution in [0.15, 0.2) is 38.0 Å². The van der Waals surface area contributed by atoms with E-state index >= 15 is 0 Å². The third-order valence-corrected chi connectivity index (χ3v) is 4.61. The highest BCUT2D eigenvalue weighted by molar-refractivity contribution is 4.72. The van der Waals surface area contributed by atoms with Gasteiger partial charge in [-0.1, -0.05) is 19.7 Å². The normalized spacial score (nSPS) is 11.0. The molecular formula is C17H34Cl2N2. The fraction of sp³-hybridized carbons (Fsp3) is 0.647. The fourth-order valence-corrected chi connectivity index (χ4v) is 2.81. The Kier molecular flexibility index (Phi) is 16.4. The van der Waals surface area contributed by atoms with Crippen LogP contribution in [-0.2, 0) is 0 Å². The monoisotopic (exact) mass is 336 g/mol. The van der Waals surface area contributed by atoms with Crippen molar-refractivity contribution >= 4 is 0 Å². The van der Waals surface area contributed by atoms with E-state index in [2.05, 4.69) is 46.6 Å². The smallest absolute Gasteiger partial charge is 0.129 e. The van der Waals surface area contributed by atoms with Crippen molar-refractivity contribution in [1.29, 1.82) is 0 Å². The molecule has 2 nitrogen and oxygen atoms in total. The quantitative estimate of drug-likeness (QED) is 0.268. The first-order valence-corrected chi connectivity index (χ1v) is 7.60. The average molecular weight is 337 g/mol. The molecule has 0 aliphatic rings. The maximum absolute atomic E-state index is 3.93. The first-order valence-electron chi connectivity index (χ1n) is 7.60. The summed E-state index contributed by atoms with van der Waals surface area (Å²) in [5, 5.41) is 0. The molecule has 0 bridgehead atoms. The zero-order valence-electron chi connectivity index (χ0n) is 14.2. The van der Waals surface area contributed by atoms with Crippen LogP contribution >= 0.6 is 0 Å². The minimum Gasteiger partial charge on any atom is -1.00 e. The molecule has 0 aromatic heterocycles. The Balaban J connectivity index is -0.00000162. The summed E-state index contributed by atoms with van der Waals surface area (Å²) in [5.74, 6) is 0. The van der Waals surface area contributed by atoms with Gasteiger partial charge in [-0.05, 0) is 39.0 Å². The molecule has 0 fully saturated rings. The molecule has 21 heavy (non-hydrogen) atoms. The molecule has 0 radical (unpaired) electrons. The van der Waals surface area contributed by atoms with Crippen molar-refractivity contribution < 1.29 is 33.8 Å². The predicted octanol–water partition coefficient (Wildman–Crippen LogP) is -2.75. The first-order chi connectivity index (χ1) is 9.07. The Hall–Kier alpha value is -0.280. The van der Waals surface area contributed by atoms with Gasteiger partial charge in [-0.2, -0.15) is 0 Å². The summed E-state index contributed by atoms with van der Waals surface area (Å²) in [6, 6.07) is 0. The summed E-state index contributed by atoms with van der Waals surface area (Å²) >= 11 is 0. The van der Waals surface area contributed by atoms with Crippen molar-refractivity contribution in [3.8, 4) is 0 Å².